The van der Waals surface area contributed by atoms with Gasteiger partial charge in [-0.25, -0.2) is 0 Å². The van der Waals surface area contributed by atoms with Gasteiger partial charge in [0.1, 0.15) is 0 Å². The molecule has 0 bridgehead atoms. The first kappa shape index (κ1) is 12.9. The summed E-state index contributed by atoms with van der Waals surface area (Å²) in [5, 5.41) is 14.3. The molecule has 0 unspecified atom stereocenters. The highest BCUT2D eigenvalue weighted by Crippen LogP contribution is 2.21. The van der Waals surface area contributed by atoms with Crippen molar-refractivity contribution < 1.29 is 4.92 Å². The van der Waals surface area contributed by atoms with E-state index in [1.54, 1.807) is 6.07 Å². The van der Waals surface area contributed by atoms with E-state index < -0.39 is 4.92 Å². The smallest absolute Gasteiger partial charge is 0.269 e. The van der Waals surface area contributed by atoms with Gasteiger partial charge in [-0.3, -0.25) is 10.1 Å². The molecule has 0 aromatic heterocycles. The monoisotopic (exact) mass is 242 g/mol. The first-order valence-corrected chi connectivity index (χ1v) is 5.52. The molecule has 1 rings (SSSR count). The number of benzene rings is 1. The lowest BCUT2D eigenvalue weighted by atomic mass is 10.2. The number of nitrogens with one attached hydrogen (secondary N) is 1. The molecule has 16 heavy (non-hydrogen) atoms. The third-order valence-corrected chi connectivity index (χ3v) is 2.48. The second kappa shape index (κ2) is 5.82. The molecule has 1 aromatic rings. The summed E-state index contributed by atoms with van der Waals surface area (Å²) in [5.41, 5.74) is 0.835. The van der Waals surface area contributed by atoms with Gasteiger partial charge in [0.2, 0.25) is 0 Å². The summed E-state index contributed by atoms with van der Waals surface area (Å²) in [6.07, 6.45) is 0. The molecule has 0 amide bonds. The minimum atomic E-state index is -0.414. The van der Waals surface area contributed by atoms with Crippen molar-refractivity contribution in [1.82, 2.24) is 5.32 Å². The molecule has 1 N–H and O–H groups in total. The van der Waals surface area contributed by atoms with E-state index in [1.165, 1.54) is 12.1 Å². The summed E-state index contributed by atoms with van der Waals surface area (Å²) >= 11 is 5.95. The molecule has 0 saturated heterocycles. The Bertz CT molecular complexity index is 380. The molecule has 5 heteroatoms. The standard InChI is InChI=1S/C11H15ClN2O2/c1-8(2)6-13-7-9-5-10(14(15)16)3-4-11(9)12/h3-5,8,13H,6-7H2,1-2H3. The molecule has 0 aliphatic heterocycles. The number of halogens is 1. The molecule has 1 aromatic carbocycles. The van der Waals surface area contributed by atoms with Crippen LogP contribution in [0.4, 0.5) is 5.69 Å². The second-order valence-corrected chi connectivity index (χ2v) is 4.46. The molecule has 0 heterocycles. The molecule has 0 aliphatic carbocycles. The molecule has 88 valence electrons. The van der Waals surface area contributed by atoms with Crippen LogP contribution in [0.3, 0.4) is 0 Å². The number of nitro groups is 1. The van der Waals surface area contributed by atoms with Crippen LogP contribution in [0.2, 0.25) is 5.02 Å². The maximum atomic E-state index is 10.6. The fraction of sp³-hybridized carbons (Fsp3) is 0.455. The van der Waals surface area contributed by atoms with Gasteiger partial charge in [0.15, 0.2) is 0 Å². The summed E-state index contributed by atoms with van der Waals surface area (Å²) in [4.78, 5) is 10.2. The van der Waals surface area contributed by atoms with Gasteiger partial charge in [0.25, 0.3) is 5.69 Å². The predicted octanol–water partition coefficient (Wildman–Crippen LogP) is 2.99. The van der Waals surface area contributed by atoms with E-state index in [2.05, 4.69) is 19.2 Å². The van der Waals surface area contributed by atoms with Crippen LogP contribution in [-0.2, 0) is 6.54 Å². The van der Waals surface area contributed by atoms with Gasteiger partial charge in [0, 0.05) is 23.7 Å². The van der Waals surface area contributed by atoms with Gasteiger partial charge < -0.3 is 5.32 Å². The van der Waals surface area contributed by atoms with Gasteiger partial charge in [-0.05, 0) is 24.1 Å². The molecule has 0 radical (unpaired) electrons. The Morgan fingerprint density at radius 1 is 1.50 bits per heavy atom. The van der Waals surface area contributed by atoms with Gasteiger partial charge in [-0.15, -0.1) is 0 Å². The normalized spacial score (nSPS) is 10.8. The number of hydrogen-bond donors (Lipinski definition) is 1. The fourth-order valence-electron chi connectivity index (χ4n) is 1.31. The van der Waals surface area contributed by atoms with Crippen LogP contribution in [0.15, 0.2) is 18.2 Å². The van der Waals surface area contributed by atoms with E-state index in [1.807, 2.05) is 0 Å². The molecular weight excluding hydrogens is 228 g/mol. The SMILES string of the molecule is CC(C)CNCc1cc([N+](=O)[O-])ccc1Cl. The van der Waals surface area contributed by atoms with Crippen LogP contribution in [0, 0.1) is 16.0 Å². The van der Waals surface area contributed by atoms with Crippen LogP contribution in [0.25, 0.3) is 0 Å². The van der Waals surface area contributed by atoms with Crippen LogP contribution in [-0.4, -0.2) is 11.5 Å². The fourth-order valence-corrected chi connectivity index (χ4v) is 1.49. The van der Waals surface area contributed by atoms with Crippen molar-refractivity contribution in [1.29, 1.82) is 0 Å². The Morgan fingerprint density at radius 2 is 2.19 bits per heavy atom. The highest BCUT2D eigenvalue weighted by Gasteiger charge is 2.09. The van der Waals surface area contributed by atoms with Crippen LogP contribution >= 0.6 is 11.6 Å². The quantitative estimate of drug-likeness (QED) is 0.638. The lowest BCUT2D eigenvalue weighted by Crippen LogP contribution is -2.19. The average molecular weight is 243 g/mol. The molecular formula is C11H15ClN2O2. The first-order valence-electron chi connectivity index (χ1n) is 5.14. The van der Waals surface area contributed by atoms with Crippen molar-refractivity contribution in [3.05, 3.63) is 38.9 Å². The van der Waals surface area contributed by atoms with Crippen molar-refractivity contribution >= 4 is 17.3 Å². The molecule has 4 nitrogen and oxygen atoms in total. The summed E-state index contributed by atoms with van der Waals surface area (Å²) in [7, 11) is 0. The number of nitro benzene ring substituents is 1. The average Bonchev–Trinajstić information content (AvgIpc) is 2.20. The lowest BCUT2D eigenvalue weighted by Gasteiger charge is -2.08. The van der Waals surface area contributed by atoms with E-state index in [4.69, 9.17) is 11.6 Å². The number of rotatable bonds is 5. The Kier molecular flexibility index (Phi) is 4.71. The van der Waals surface area contributed by atoms with E-state index in [-0.39, 0.29) is 5.69 Å². The Hall–Kier alpha value is -1.13. The Labute approximate surface area is 99.8 Å². The molecule has 0 aliphatic rings. The molecule has 0 spiro atoms. The Morgan fingerprint density at radius 3 is 2.75 bits per heavy atom. The van der Waals surface area contributed by atoms with Gasteiger partial charge >= 0.3 is 0 Å². The number of nitrogens with zero attached hydrogens (tertiary/aromatic N) is 1. The van der Waals surface area contributed by atoms with E-state index in [0.717, 1.165) is 12.1 Å². The first-order chi connectivity index (χ1) is 7.50. The van der Waals surface area contributed by atoms with Crippen molar-refractivity contribution in [2.24, 2.45) is 5.92 Å². The molecule has 0 saturated carbocycles. The zero-order valence-electron chi connectivity index (χ0n) is 9.37. The third-order valence-electron chi connectivity index (χ3n) is 2.11. The minimum absolute atomic E-state index is 0.0748. The number of non-ortho nitro benzene ring substituents is 1. The largest absolute Gasteiger partial charge is 0.312 e. The van der Waals surface area contributed by atoms with Gasteiger partial charge in [-0.2, -0.15) is 0 Å². The van der Waals surface area contributed by atoms with E-state index in [0.29, 0.717) is 17.5 Å². The van der Waals surface area contributed by atoms with Crippen molar-refractivity contribution in [2.75, 3.05) is 6.54 Å². The summed E-state index contributed by atoms with van der Waals surface area (Å²) < 4.78 is 0. The van der Waals surface area contributed by atoms with Crippen molar-refractivity contribution in [3.63, 3.8) is 0 Å². The van der Waals surface area contributed by atoms with Crippen LogP contribution in [0.1, 0.15) is 19.4 Å². The van der Waals surface area contributed by atoms with E-state index in [9.17, 15) is 10.1 Å². The van der Waals surface area contributed by atoms with Crippen LogP contribution in [0.5, 0.6) is 0 Å². The topological polar surface area (TPSA) is 55.2 Å². The second-order valence-electron chi connectivity index (χ2n) is 4.06. The maximum absolute atomic E-state index is 10.6. The summed E-state index contributed by atoms with van der Waals surface area (Å²) in [5.74, 6) is 0.539. The summed E-state index contributed by atoms with van der Waals surface area (Å²) in [6.45, 7) is 5.61. The highest BCUT2D eigenvalue weighted by molar-refractivity contribution is 6.31. The minimum Gasteiger partial charge on any atom is -0.312 e. The van der Waals surface area contributed by atoms with Gasteiger partial charge in [0.05, 0.1) is 4.92 Å². The predicted molar refractivity (Wildman–Crippen MR) is 64.7 cm³/mol. The van der Waals surface area contributed by atoms with E-state index >= 15 is 0 Å². The van der Waals surface area contributed by atoms with Crippen LogP contribution < -0.4 is 5.32 Å². The van der Waals surface area contributed by atoms with Gasteiger partial charge in [-0.1, -0.05) is 25.4 Å². The maximum Gasteiger partial charge on any atom is 0.269 e. The highest BCUT2D eigenvalue weighted by atomic mass is 35.5. The summed E-state index contributed by atoms with van der Waals surface area (Å²) in [6, 6.07) is 4.48. The molecule has 0 atom stereocenters. The number of hydrogen-bond acceptors (Lipinski definition) is 3. The Balaban J connectivity index is 2.70. The zero-order valence-corrected chi connectivity index (χ0v) is 10.1. The molecule has 0 fully saturated rings. The third kappa shape index (κ3) is 3.79. The van der Waals surface area contributed by atoms with Crippen molar-refractivity contribution in [2.45, 2.75) is 20.4 Å². The lowest BCUT2D eigenvalue weighted by molar-refractivity contribution is -0.384. The van der Waals surface area contributed by atoms with Crippen molar-refractivity contribution in [3.8, 4) is 0 Å². The zero-order chi connectivity index (χ0) is 12.1.